The van der Waals surface area contributed by atoms with E-state index in [4.69, 9.17) is 9.72 Å². The highest BCUT2D eigenvalue weighted by atomic mass is 32.1. The number of carbonyl (C=O) groups is 1. The molecular formula is C17H24N4O2S. The summed E-state index contributed by atoms with van der Waals surface area (Å²) in [6.45, 7) is 9.60. The fourth-order valence-electron chi connectivity index (χ4n) is 2.76. The zero-order chi connectivity index (χ0) is 17.1. The van der Waals surface area contributed by atoms with Gasteiger partial charge in [-0.3, -0.25) is 0 Å². The summed E-state index contributed by atoms with van der Waals surface area (Å²) in [5.41, 5.74) is 0.930. The number of hydrogen-bond acceptors (Lipinski definition) is 5. The number of aromatic nitrogens is 1. The van der Waals surface area contributed by atoms with E-state index in [1.54, 1.807) is 11.3 Å². The van der Waals surface area contributed by atoms with Gasteiger partial charge in [-0.25, -0.2) is 9.78 Å². The molecule has 0 bridgehead atoms. The number of nitrogens with one attached hydrogen (secondary N) is 1. The highest BCUT2D eigenvalue weighted by Gasteiger charge is 2.23. The molecule has 0 saturated carbocycles. The van der Waals surface area contributed by atoms with Gasteiger partial charge in [0.1, 0.15) is 11.3 Å². The van der Waals surface area contributed by atoms with Gasteiger partial charge in [0, 0.05) is 32.2 Å². The molecule has 0 unspecified atom stereocenters. The lowest BCUT2D eigenvalue weighted by molar-refractivity contribution is 0.192. The summed E-state index contributed by atoms with van der Waals surface area (Å²) >= 11 is 1.68. The molecule has 1 aromatic heterocycles. The normalized spacial score (nSPS) is 15.2. The number of amides is 2. The van der Waals surface area contributed by atoms with Crippen molar-refractivity contribution < 1.29 is 9.53 Å². The lowest BCUT2D eigenvalue weighted by atomic mass is 10.3. The molecule has 1 fully saturated rings. The lowest BCUT2D eigenvalue weighted by Crippen LogP contribution is -2.52. The molecule has 0 atom stereocenters. The average Bonchev–Trinajstić information content (AvgIpc) is 3.00. The Morgan fingerprint density at radius 3 is 2.75 bits per heavy atom. The molecule has 7 heteroatoms. The van der Waals surface area contributed by atoms with E-state index in [2.05, 4.69) is 16.3 Å². The van der Waals surface area contributed by atoms with Gasteiger partial charge in [0.25, 0.3) is 0 Å². The summed E-state index contributed by atoms with van der Waals surface area (Å²) in [4.78, 5) is 21.0. The molecule has 1 N–H and O–H groups in total. The molecule has 1 aliphatic heterocycles. The van der Waals surface area contributed by atoms with Crippen LogP contribution in [0.4, 0.5) is 9.93 Å². The maximum Gasteiger partial charge on any atom is 0.317 e. The van der Waals surface area contributed by atoms with Gasteiger partial charge in [0.05, 0.1) is 11.3 Å². The van der Waals surface area contributed by atoms with E-state index >= 15 is 0 Å². The average molecular weight is 348 g/mol. The van der Waals surface area contributed by atoms with Crippen molar-refractivity contribution in [2.75, 3.05) is 37.7 Å². The number of fused-ring (bicyclic) bond motifs is 1. The van der Waals surface area contributed by atoms with Crippen molar-refractivity contribution in [2.24, 2.45) is 0 Å². The molecule has 0 aliphatic carbocycles. The minimum atomic E-state index is 0.0209. The number of rotatable bonds is 4. The van der Waals surface area contributed by atoms with Gasteiger partial charge in [0.2, 0.25) is 0 Å². The molecule has 2 aromatic rings. The number of piperazine rings is 1. The molecule has 0 radical (unpaired) electrons. The molecule has 1 aliphatic rings. The van der Waals surface area contributed by atoms with Crippen molar-refractivity contribution >= 4 is 32.7 Å². The Bertz CT molecular complexity index is 708. The van der Waals surface area contributed by atoms with Crippen LogP contribution in [-0.4, -0.2) is 54.7 Å². The van der Waals surface area contributed by atoms with Crippen LogP contribution in [0.5, 0.6) is 5.75 Å². The number of thiazole rings is 1. The second-order valence-electron chi connectivity index (χ2n) is 6.11. The summed E-state index contributed by atoms with van der Waals surface area (Å²) in [7, 11) is 0. The monoisotopic (exact) mass is 348 g/mol. The molecule has 24 heavy (non-hydrogen) atoms. The van der Waals surface area contributed by atoms with Crippen molar-refractivity contribution in [1.82, 2.24) is 15.2 Å². The lowest BCUT2D eigenvalue weighted by Gasteiger charge is -2.34. The van der Waals surface area contributed by atoms with E-state index in [-0.39, 0.29) is 12.1 Å². The summed E-state index contributed by atoms with van der Waals surface area (Å²) in [6.07, 6.45) is 0. The van der Waals surface area contributed by atoms with Crippen LogP contribution in [0.15, 0.2) is 18.2 Å². The van der Waals surface area contributed by atoms with E-state index in [0.717, 1.165) is 34.2 Å². The molecule has 6 nitrogen and oxygen atoms in total. The van der Waals surface area contributed by atoms with Gasteiger partial charge in [-0.05, 0) is 32.9 Å². The van der Waals surface area contributed by atoms with Crippen LogP contribution in [0.25, 0.3) is 10.2 Å². The third kappa shape index (κ3) is 3.56. The van der Waals surface area contributed by atoms with Gasteiger partial charge in [0.15, 0.2) is 5.13 Å². The number of carbonyl (C=O) groups excluding carboxylic acids is 1. The largest absolute Gasteiger partial charge is 0.492 e. The topological polar surface area (TPSA) is 57.7 Å². The first-order valence-electron chi connectivity index (χ1n) is 8.41. The van der Waals surface area contributed by atoms with Gasteiger partial charge >= 0.3 is 6.03 Å². The van der Waals surface area contributed by atoms with Crippen LogP contribution in [0.2, 0.25) is 0 Å². The Balaban J connectivity index is 1.69. The predicted octanol–water partition coefficient (Wildman–Crippen LogP) is 2.94. The van der Waals surface area contributed by atoms with E-state index in [9.17, 15) is 4.79 Å². The second kappa shape index (κ2) is 7.25. The van der Waals surface area contributed by atoms with Crippen molar-refractivity contribution in [3.05, 3.63) is 18.2 Å². The summed E-state index contributed by atoms with van der Waals surface area (Å²) in [5, 5.41) is 3.95. The van der Waals surface area contributed by atoms with Crippen LogP contribution in [-0.2, 0) is 0 Å². The highest BCUT2D eigenvalue weighted by Crippen LogP contribution is 2.34. The minimum absolute atomic E-state index is 0.0209. The minimum Gasteiger partial charge on any atom is -0.492 e. The quantitative estimate of drug-likeness (QED) is 0.923. The molecular weight excluding hydrogens is 324 g/mol. The third-order valence-corrected chi connectivity index (χ3v) is 5.00. The van der Waals surface area contributed by atoms with Gasteiger partial charge in [-0.2, -0.15) is 0 Å². The van der Waals surface area contributed by atoms with Crippen molar-refractivity contribution in [2.45, 2.75) is 26.8 Å². The number of nitrogens with zero attached hydrogens (tertiary/aromatic N) is 3. The number of para-hydroxylation sites is 1. The Morgan fingerprint density at radius 2 is 2.08 bits per heavy atom. The van der Waals surface area contributed by atoms with E-state index in [0.29, 0.717) is 19.7 Å². The number of urea groups is 1. The van der Waals surface area contributed by atoms with Crippen molar-refractivity contribution in [3.63, 3.8) is 0 Å². The molecule has 2 heterocycles. The number of anilines is 1. The van der Waals surface area contributed by atoms with Crippen LogP contribution >= 0.6 is 11.3 Å². The maximum absolute atomic E-state index is 12.1. The van der Waals surface area contributed by atoms with E-state index in [1.165, 1.54) is 0 Å². The summed E-state index contributed by atoms with van der Waals surface area (Å²) in [5.74, 6) is 0.840. The van der Waals surface area contributed by atoms with Crippen LogP contribution in [0.1, 0.15) is 20.8 Å². The third-order valence-electron chi connectivity index (χ3n) is 3.92. The first-order valence-corrected chi connectivity index (χ1v) is 9.23. The molecule has 0 spiro atoms. The molecule has 2 amide bonds. The predicted molar refractivity (Wildman–Crippen MR) is 98.2 cm³/mol. The second-order valence-corrected chi connectivity index (χ2v) is 7.12. The SMILES string of the molecule is CCOc1cccc2sc(N3CCN(C(=O)NC(C)C)CC3)nc12. The van der Waals surface area contributed by atoms with Crippen molar-refractivity contribution in [3.8, 4) is 5.75 Å². The fraction of sp³-hybridized carbons (Fsp3) is 0.529. The van der Waals surface area contributed by atoms with Gasteiger partial charge in [-0.1, -0.05) is 17.4 Å². The van der Waals surface area contributed by atoms with Crippen molar-refractivity contribution in [1.29, 1.82) is 0 Å². The number of benzene rings is 1. The Kier molecular flexibility index (Phi) is 5.08. The fourth-order valence-corrected chi connectivity index (χ4v) is 3.79. The molecule has 130 valence electrons. The smallest absolute Gasteiger partial charge is 0.317 e. The number of hydrogen-bond donors (Lipinski definition) is 1. The zero-order valence-electron chi connectivity index (χ0n) is 14.4. The Labute approximate surface area is 146 Å². The van der Waals surface area contributed by atoms with E-state index in [1.807, 2.05) is 37.8 Å². The number of ether oxygens (including phenoxy) is 1. The molecule has 1 aromatic carbocycles. The summed E-state index contributed by atoms with van der Waals surface area (Å²) < 4.78 is 6.80. The first kappa shape index (κ1) is 16.8. The maximum atomic E-state index is 12.1. The van der Waals surface area contributed by atoms with Crippen LogP contribution < -0.4 is 15.0 Å². The zero-order valence-corrected chi connectivity index (χ0v) is 15.2. The van der Waals surface area contributed by atoms with Crippen LogP contribution in [0.3, 0.4) is 0 Å². The Hall–Kier alpha value is -2.02. The first-order chi connectivity index (χ1) is 11.6. The van der Waals surface area contributed by atoms with E-state index < -0.39 is 0 Å². The van der Waals surface area contributed by atoms with Gasteiger partial charge < -0.3 is 19.9 Å². The summed E-state index contributed by atoms with van der Waals surface area (Å²) in [6, 6.07) is 6.22. The molecule has 3 rings (SSSR count). The Morgan fingerprint density at radius 1 is 1.33 bits per heavy atom. The standard InChI is InChI=1S/C17H24N4O2S/c1-4-23-13-6-5-7-14-15(13)19-17(24-14)21-10-8-20(9-11-21)16(22)18-12(2)3/h5-7,12H,4,8-11H2,1-3H3,(H,18,22). The molecule has 1 saturated heterocycles. The van der Waals surface area contributed by atoms with Gasteiger partial charge in [-0.15, -0.1) is 0 Å². The highest BCUT2D eigenvalue weighted by molar-refractivity contribution is 7.22. The van der Waals surface area contributed by atoms with Crippen LogP contribution in [0, 0.1) is 0 Å².